The van der Waals surface area contributed by atoms with E-state index >= 15 is 0 Å². The van der Waals surface area contributed by atoms with E-state index in [4.69, 9.17) is 11.6 Å². The van der Waals surface area contributed by atoms with Gasteiger partial charge in [0.2, 0.25) is 0 Å². The summed E-state index contributed by atoms with van der Waals surface area (Å²) in [7, 11) is 0. The lowest BCUT2D eigenvalue weighted by molar-refractivity contribution is 0.101. The summed E-state index contributed by atoms with van der Waals surface area (Å²) in [5.74, 6) is -0.656. The number of hydrogen-bond acceptors (Lipinski definition) is 3. The topological polar surface area (TPSA) is 54.4 Å². The molecular formula is C17H13ClO3. The Kier molecular flexibility index (Phi) is 4.55. The predicted octanol–water partition coefficient (Wildman–Crippen LogP) is 4.14. The molecule has 4 heteroatoms. The van der Waals surface area contributed by atoms with E-state index < -0.39 is 0 Å². The number of rotatable bonds is 4. The first-order valence-corrected chi connectivity index (χ1v) is 6.67. The number of benzene rings is 2. The fourth-order valence-corrected chi connectivity index (χ4v) is 1.94. The summed E-state index contributed by atoms with van der Waals surface area (Å²) in [5.41, 5.74) is 1.34. The first-order chi connectivity index (χ1) is 9.97. The van der Waals surface area contributed by atoms with Crippen molar-refractivity contribution in [3.8, 4) is 5.75 Å². The molecule has 0 saturated carbocycles. The Morgan fingerprint density at radius 1 is 1.10 bits per heavy atom. The summed E-state index contributed by atoms with van der Waals surface area (Å²) in [6, 6.07) is 11.3. The van der Waals surface area contributed by atoms with Crippen LogP contribution in [0.25, 0.3) is 6.08 Å². The Hall–Kier alpha value is -2.39. The maximum absolute atomic E-state index is 12.1. The third-order valence-electron chi connectivity index (χ3n) is 2.96. The quantitative estimate of drug-likeness (QED) is 0.682. The van der Waals surface area contributed by atoms with Gasteiger partial charge in [0.05, 0.1) is 5.56 Å². The van der Waals surface area contributed by atoms with Crippen LogP contribution in [-0.4, -0.2) is 16.7 Å². The summed E-state index contributed by atoms with van der Waals surface area (Å²) in [4.78, 5) is 23.4. The van der Waals surface area contributed by atoms with E-state index in [9.17, 15) is 14.7 Å². The summed E-state index contributed by atoms with van der Waals surface area (Å²) < 4.78 is 0. The van der Waals surface area contributed by atoms with Crippen molar-refractivity contribution < 1.29 is 14.7 Å². The Morgan fingerprint density at radius 2 is 1.76 bits per heavy atom. The number of allylic oxidation sites excluding steroid dienone is 1. The van der Waals surface area contributed by atoms with Gasteiger partial charge in [0, 0.05) is 10.6 Å². The molecule has 0 aliphatic rings. The molecule has 0 radical (unpaired) electrons. The SMILES string of the molecule is CC(=O)c1cc(C(=O)/C=C/c2ccc(Cl)cc2)ccc1O. The standard InChI is InChI=1S/C17H13ClO3/c1-11(19)15-10-13(5-9-17(15)21)16(20)8-4-12-2-6-14(18)7-3-12/h2-10,21H,1H3/b8-4+. The van der Waals surface area contributed by atoms with Crippen LogP contribution >= 0.6 is 11.6 Å². The molecule has 2 rings (SSSR count). The van der Waals surface area contributed by atoms with Crippen molar-refractivity contribution in [1.82, 2.24) is 0 Å². The molecule has 21 heavy (non-hydrogen) atoms. The number of halogens is 1. The van der Waals surface area contributed by atoms with Gasteiger partial charge in [-0.3, -0.25) is 9.59 Å². The van der Waals surface area contributed by atoms with E-state index in [2.05, 4.69) is 0 Å². The zero-order valence-corrected chi connectivity index (χ0v) is 12.1. The molecule has 0 aromatic heterocycles. The minimum absolute atomic E-state index is 0.124. The van der Waals surface area contributed by atoms with Crippen LogP contribution in [0.15, 0.2) is 48.5 Å². The average Bonchev–Trinajstić information content (AvgIpc) is 2.46. The molecule has 2 aromatic rings. The maximum Gasteiger partial charge on any atom is 0.185 e. The fraction of sp³-hybridized carbons (Fsp3) is 0.0588. The van der Waals surface area contributed by atoms with E-state index in [0.29, 0.717) is 10.6 Å². The number of phenolic OH excluding ortho intramolecular Hbond substituents is 1. The van der Waals surface area contributed by atoms with Gasteiger partial charge in [-0.15, -0.1) is 0 Å². The van der Waals surface area contributed by atoms with Crippen LogP contribution in [0.1, 0.15) is 33.2 Å². The van der Waals surface area contributed by atoms with Gasteiger partial charge in [0.25, 0.3) is 0 Å². The molecule has 2 aromatic carbocycles. The second kappa shape index (κ2) is 6.37. The first kappa shape index (κ1) is 15.0. The molecule has 0 spiro atoms. The molecule has 0 amide bonds. The van der Waals surface area contributed by atoms with Gasteiger partial charge < -0.3 is 5.11 Å². The molecule has 0 unspecified atom stereocenters. The second-order valence-electron chi connectivity index (χ2n) is 4.54. The van der Waals surface area contributed by atoms with E-state index in [1.54, 1.807) is 30.3 Å². The van der Waals surface area contributed by atoms with Crippen LogP contribution in [0.4, 0.5) is 0 Å². The second-order valence-corrected chi connectivity index (χ2v) is 4.97. The lowest BCUT2D eigenvalue weighted by Gasteiger charge is -2.02. The Balaban J connectivity index is 2.22. The maximum atomic E-state index is 12.1. The molecule has 0 aliphatic carbocycles. The zero-order valence-electron chi connectivity index (χ0n) is 11.3. The minimum atomic E-state index is -0.288. The van der Waals surface area contributed by atoms with Crippen molar-refractivity contribution >= 4 is 29.2 Å². The van der Waals surface area contributed by atoms with Crippen molar-refractivity contribution in [3.63, 3.8) is 0 Å². The summed E-state index contributed by atoms with van der Waals surface area (Å²) in [5, 5.41) is 10.2. The van der Waals surface area contributed by atoms with Crippen LogP contribution in [-0.2, 0) is 0 Å². The van der Waals surface area contributed by atoms with Crippen molar-refractivity contribution in [2.45, 2.75) is 6.92 Å². The zero-order chi connectivity index (χ0) is 15.4. The molecule has 0 saturated heterocycles. The molecule has 0 fully saturated rings. The lowest BCUT2D eigenvalue weighted by Crippen LogP contribution is -1.99. The number of ketones is 2. The van der Waals surface area contributed by atoms with Crippen molar-refractivity contribution in [2.75, 3.05) is 0 Å². The van der Waals surface area contributed by atoms with E-state index in [1.807, 2.05) is 0 Å². The van der Waals surface area contributed by atoms with E-state index in [1.165, 1.54) is 31.2 Å². The Labute approximate surface area is 127 Å². The number of aromatic hydroxyl groups is 1. The third-order valence-corrected chi connectivity index (χ3v) is 3.21. The normalized spacial score (nSPS) is 10.8. The van der Waals surface area contributed by atoms with Crippen LogP contribution in [0.3, 0.4) is 0 Å². The number of phenols is 1. The molecule has 0 atom stereocenters. The molecule has 0 aliphatic heterocycles. The highest BCUT2D eigenvalue weighted by Gasteiger charge is 2.10. The van der Waals surface area contributed by atoms with Gasteiger partial charge in [0.15, 0.2) is 11.6 Å². The summed E-state index contributed by atoms with van der Waals surface area (Å²) in [6.45, 7) is 1.34. The van der Waals surface area contributed by atoms with Gasteiger partial charge in [-0.05, 0) is 48.9 Å². The van der Waals surface area contributed by atoms with Crippen molar-refractivity contribution in [2.24, 2.45) is 0 Å². The number of hydrogen-bond donors (Lipinski definition) is 1. The molecular weight excluding hydrogens is 288 g/mol. The summed E-state index contributed by atoms with van der Waals surface area (Å²) >= 11 is 5.79. The van der Waals surface area contributed by atoms with E-state index in [0.717, 1.165) is 5.56 Å². The van der Waals surface area contributed by atoms with Crippen LogP contribution < -0.4 is 0 Å². The number of Topliss-reactive ketones (excluding diaryl/α,β-unsaturated/α-hetero) is 1. The third kappa shape index (κ3) is 3.80. The highest BCUT2D eigenvalue weighted by atomic mass is 35.5. The van der Waals surface area contributed by atoms with Crippen molar-refractivity contribution in [3.05, 3.63) is 70.3 Å². The molecule has 0 heterocycles. The first-order valence-electron chi connectivity index (χ1n) is 6.29. The molecule has 106 valence electrons. The minimum Gasteiger partial charge on any atom is -0.507 e. The van der Waals surface area contributed by atoms with Crippen LogP contribution in [0.5, 0.6) is 5.75 Å². The smallest absolute Gasteiger partial charge is 0.185 e. The Bertz CT molecular complexity index is 715. The van der Waals surface area contributed by atoms with Crippen LogP contribution in [0.2, 0.25) is 5.02 Å². The van der Waals surface area contributed by atoms with Gasteiger partial charge in [-0.25, -0.2) is 0 Å². The molecule has 3 nitrogen and oxygen atoms in total. The van der Waals surface area contributed by atoms with Gasteiger partial charge >= 0.3 is 0 Å². The summed E-state index contributed by atoms with van der Waals surface area (Å²) in [6.07, 6.45) is 3.08. The highest BCUT2D eigenvalue weighted by Crippen LogP contribution is 2.20. The number of carbonyl (C=O) groups is 2. The van der Waals surface area contributed by atoms with Crippen LogP contribution in [0, 0.1) is 0 Å². The highest BCUT2D eigenvalue weighted by molar-refractivity contribution is 6.30. The van der Waals surface area contributed by atoms with Gasteiger partial charge in [0.1, 0.15) is 5.75 Å². The fourth-order valence-electron chi connectivity index (χ4n) is 1.81. The monoisotopic (exact) mass is 300 g/mol. The largest absolute Gasteiger partial charge is 0.507 e. The van der Waals surface area contributed by atoms with Crippen molar-refractivity contribution in [1.29, 1.82) is 0 Å². The molecule has 1 N–H and O–H groups in total. The van der Waals surface area contributed by atoms with Gasteiger partial charge in [-0.2, -0.15) is 0 Å². The lowest BCUT2D eigenvalue weighted by atomic mass is 10.0. The number of carbonyl (C=O) groups excluding carboxylic acids is 2. The predicted molar refractivity (Wildman–Crippen MR) is 82.9 cm³/mol. The van der Waals surface area contributed by atoms with E-state index in [-0.39, 0.29) is 22.9 Å². The van der Waals surface area contributed by atoms with Gasteiger partial charge in [-0.1, -0.05) is 29.8 Å². The molecule has 0 bridgehead atoms. The average molecular weight is 301 g/mol. The Morgan fingerprint density at radius 3 is 2.38 bits per heavy atom.